The van der Waals surface area contributed by atoms with Gasteiger partial charge in [-0.05, 0) is 62.6 Å². The summed E-state index contributed by atoms with van der Waals surface area (Å²) in [7, 11) is 0. The summed E-state index contributed by atoms with van der Waals surface area (Å²) in [5, 5.41) is 34.7. The SMILES string of the molecule is CCCCNC(=O)C(c1cccc(O)c1)N(CC#N)C(=O)C(Cc1ccc(O)cc1)NC(=O)OC(C)(C)C. The molecule has 2 unspecified atom stereocenters. The average molecular weight is 525 g/mol. The number of benzene rings is 2. The van der Waals surface area contributed by atoms with Gasteiger partial charge in [-0.15, -0.1) is 0 Å². The number of carbonyl (C=O) groups excluding carboxylic acids is 3. The molecule has 0 saturated heterocycles. The van der Waals surface area contributed by atoms with Gasteiger partial charge in [0.15, 0.2) is 0 Å². The van der Waals surface area contributed by atoms with Gasteiger partial charge in [-0.1, -0.05) is 37.6 Å². The summed E-state index contributed by atoms with van der Waals surface area (Å²) < 4.78 is 5.35. The molecule has 2 atom stereocenters. The number of rotatable bonds is 11. The van der Waals surface area contributed by atoms with Crippen LogP contribution in [0.15, 0.2) is 48.5 Å². The number of unbranched alkanes of at least 4 members (excludes halogenated alkanes) is 1. The number of hydrogen-bond donors (Lipinski definition) is 4. The number of aromatic hydroxyl groups is 2. The van der Waals surface area contributed by atoms with E-state index < -0.39 is 42.1 Å². The van der Waals surface area contributed by atoms with Gasteiger partial charge >= 0.3 is 6.09 Å². The first kappa shape index (κ1) is 30.0. The number of nitrogens with one attached hydrogen (secondary N) is 2. The van der Waals surface area contributed by atoms with Crippen molar-refractivity contribution >= 4 is 17.9 Å². The molecule has 0 bridgehead atoms. The van der Waals surface area contributed by atoms with Crippen LogP contribution in [0.2, 0.25) is 0 Å². The van der Waals surface area contributed by atoms with Crippen LogP contribution in [0.1, 0.15) is 57.7 Å². The minimum absolute atomic E-state index is 0.00446. The number of hydrogen-bond acceptors (Lipinski definition) is 7. The van der Waals surface area contributed by atoms with Crippen molar-refractivity contribution in [1.82, 2.24) is 15.5 Å². The number of alkyl carbamates (subject to hydrolysis) is 1. The number of amides is 3. The van der Waals surface area contributed by atoms with E-state index in [0.717, 1.165) is 11.3 Å². The van der Waals surface area contributed by atoms with Crippen molar-refractivity contribution in [2.24, 2.45) is 0 Å². The maximum atomic E-state index is 14.0. The molecule has 4 N–H and O–H groups in total. The van der Waals surface area contributed by atoms with Gasteiger partial charge in [0.05, 0.1) is 6.07 Å². The molecule has 2 rings (SSSR count). The van der Waals surface area contributed by atoms with Crippen molar-refractivity contribution < 1.29 is 29.3 Å². The number of phenols is 2. The Kier molecular flexibility index (Phi) is 10.9. The topological polar surface area (TPSA) is 152 Å². The first-order valence-corrected chi connectivity index (χ1v) is 12.5. The fraction of sp³-hybridized carbons (Fsp3) is 0.429. The van der Waals surface area contributed by atoms with Crippen molar-refractivity contribution in [1.29, 1.82) is 5.26 Å². The third-order valence-corrected chi connectivity index (χ3v) is 5.46. The fourth-order valence-electron chi connectivity index (χ4n) is 3.74. The van der Waals surface area contributed by atoms with Crippen LogP contribution in [0.3, 0.4) is 0 Å². The van der Waals surface area contributed by atoms with Crippen LogP contribution < -0.4 is 10.6 Å². The monoisotopic (exact) mass is 524 g/mol. The van der Waals surface area contributed by atoms with Gasteiger partial charge < -0.3 is 30.5 Å². The lowest BCUT2D eigenvalue weighted by Gasteiger charge is -2.33. The van der Waals surface area contributed by atoms with Gasteiger partial charge in [-0.3, -0.25) is 9.59 Å². The molecular formula is C28H36N4O6. The molecule has 0 saturated carbocycles. The highest BCUT2D eigenvalue weighted by Crippen LogP contribution is 2.26. The summed E-state index contributed by atoms with van der Waals surface area (Å²) in [5.41, 5.74) is 0.102. The highest BCUT2D eigenvalue weighted by Gasteiger charge is 2.36. The lowest BCUT2D eigenvalue weighted by Crippen LogP contribution is -2.54. The maximum absolute atomic E-state index is 14.0. The van der Waals surface area contributed by atoms with Crippen LogP contribution in [0.4, 0.5) is 4.79 Å². The maximum Gasteiger partial charge on any atom is 0.408 e. The van der Waals surface area contributed by atoms with Crippen molar-refractivity contribution in [3.8, 4) is 17.6 Å². The molecule has 2 aromatic rings. The van der Waals surface area contributed by atoms with Crippen LogP contribution in [0, 0.1) is 11.3 Å². The largest absolute Gasteiger partial charge is 0.508 e. The fourth-order valence-corrected chi connectivity index (χ4v) is 3.74. The first-order chi connectivity index (χ1) is 17.9. The van der Waals surface area contributed by atoms with E-state index in [1.807, 2.05) is 13.0 Å². The molecule has 0 aliphatic rings. The Balaban J connectivity index is 2.50. The quantitative estimate of drug-likeness (QED) is 0.259. The van der Waals surface area contributed by atoms with Gasteiger partial charge in [0.25, 0.3) is 0 Å². The minimum Gasteiger partial charge on any atom is -0.508 e. The van der Waals surface area contributed by atoms with Gasteiger partial charge in [0.2, 0.25) is 11.8 Å². The van der Waals surface area contributed by atoms with Crippen LogP contribution in [0.25, 0.3) is 0 Å². The Morgan fingerprint density at radius 3 is 2.34 bits per heavy atom. The molecular weight excluding hydrogens is 488 g/mol. The van der Waals surface area contributed by atoms with Gasteiger partial charge in [-0.25, -0.2) is 4.79 Å². The van der Waals surface area contributed by atoms with Crippen molar-refractivity contribution in [3.63, 3.8) is 0 Å². The summed E-state index contributed by atoms with van der Waals surface area (Å²) >= 11 is 0. The third-order valence-electron chi connectivity index (χ3n) is 5.46. The average Bonchev–Trinajstić information content (AvgIpc) is 2.83. The molecule has 0 radical (unpaired) electrons. The molecule has 38 heavy (non-hydrogen) atoms. The molecule has 10 nitrogen and oxygen atoms in total. The van der Waals surface area contributed by atoms with Crippen molar-refractivity contribution in [3.05, 3.63) is 59.7 Å². The van der Waals surface area contributed by atoms with Crippen molar-refractivity contribution in [2.75, 3.05) is 13.1 Å². The van der Waals surface area contributed by atoms with E-state index in [1.54, 1.807) is 45.0 Å². The van der Waals surface area contributed by atoms with E-state index >= 15 is 0 Å². The first-order valence-electron chi connectivity index (χ1n) is 12.5. The number of ether oxygens (including phenoxy) is 1. The van der Waals surface area contributed by atoms with Crippen LogP contribution in [-0.4, -0.2) is 57.8 Å². The van der Waals surface area contributed by atoms with E-state index in [0.29, 0.717) is 24.1 Å². The second-order valence-electron chi connectivity index (χ2n) is 9.84. The molecule has 0 aliphatic heterocycles. The Bertz CT molecular complexity index is 1140. The summed E-state index contributed by atoms with van der Waals surface area (Å²) in [4.78, 5) is 41.0. The Morgan fingerprint density at radius 1 is 1.08 bits per heavy atom. The molecule has 0 fully saturated rings. The predicted molar refractivity (Wildman–Crippen MR) is 141 cm³/mol. The number of carbonyl (C=O) groups is 3. The minimum atomic E-state index is -1.24. The molecule has 0 aromatic heterocycles. The zero-order chi connectivity index (χ0) is 28.3. The number of nitrogens with zero attached hydrogens (tertiary/aromatic N) is 2. The Morgan fingerprint density at radius 2 is 1.76 bits per heavy atom. The lowest BCUT2D eigenvalue weighted by molar-refractivity contribution is -0.141. The number of nitriles is 1. The van der Waals surface area contributed by atoms with Crippen LogP contribution >= 0.6 is 0 Å². The van der Waals surface area contributed by atoms with Crippen LogP contribution in [-0.2, 0) is 20.7 Å². The molecule has 3 amide bonds. The lowest BCUT2D eigenvalue weighted by atomic mass is 10.00. The van der Waals surface area contributed by atoms with E-state index in [9.17, 15) is 29.9 Å². The molecule has 204 valence electrons. The molecule has 0 heterocycles. The van der Waals surface area contributed by atoms with Crippen LogP contribution in [0.5, 0.6) is 11.5 Å². The summed E-state index contributed by atoms with van der Waals surface area (Å²) in [5.74, 6) is -1.28. The van der Waals surface area contributed by atoms with Gasteiger partial charge in [-0.2, -0.15) is 5.26 Å². The summed E-state index contributed by atoms with van der Waals surface area (Å²) in [6, 6.07) is 11.5. The number of phenolic OH excluding ortho intramolecular Hbond substituents is 2. The summed E-state index contributed by atoms with van der Waals surface area (Å²) in [6.45, 7) is 6.94. The molecule has 0 aliphatic carbocycles. The molecule has 0 spiro atoms. The van der Waals surface area contributed by atoms with E-state index in [1.165, 1.54) is 24.3 Å². The zero-order valence-electron chi connectivity index (χ0n) is 22.2. The highest BCUT2D eigenvalue weighted by molar-refractivity contribution is 5.92. The third kappa shape index (κ3) is 9.32. The predicted octanol–water partition coefficient (Wildman–Crippen LogP) is 3.54. The normalized spacial score (nSPS) is 12.5. The molecule has 10 heteroatoms. The highest BCUT2D eigenvalue weighted by atomic mass is 16.6. The van der Waals surface area contributed by atoms with E-state index in [-0.39, 0.29) is 17.9 Å². The standard InChI is InChI=1S/C28H36N4O6/c1-5-6-15-30-25(35)24(20-8-7-9-22(34)18-20)32(16-14-29)26(36)23(31-27(37)38-28(2,3)4)17-19-10-12-21(33)13-11-19/h7-13,18,23-24,33-34H,5-6,15-17H2,1-4H3,(H,30,35)(H,31,37). The summed E-state index contributed by atoms with van der Waals surface area (Å²) in [6.07, 6.45) is 0.721. The second kappa shape index (κ2) is 13.9. The molecule has 2 aromatic carbocycles. The smallest absolute Gasteiger partial charge is 0.408 e. The van der Waals surface area contributed by atoms with Gasteiger partial charge in [0.1, 0.15) is 35.7 Å². The van der Waals surface area contributed by atoms with E-state index in [4.69, 9.17) is 4.74 Å². The van der Waals surface area contributed by atoms with Crippen molar-refractivity contribution in [2.45, 2.75) is 64.6 Å². The second-order valence-corrected chi connectivity index (χ2v) is 9.84. The van der Waals surface area contributed by atoms with E-state index in [2.05, 4.69) is 10.6 Å². The zero-order valence-corrected chi connectivity index (χ0v) is 22.2. The Hall–Kier alpha value is -4.26. The Labute approximate surface area is 223 Å². The van der Waals surface area contributed by atoms with Gasteiger partial charge in [0, 0.05) is 13.0 Å².